The van der Waals surface area contributed by atoms with E-state index in [9.17, 15) is 13.9 Å². The Morgan fingerprint density at radius 3 is 2.32 bits per heavy atom. The highest BCUT2D eigenvalue weighted by Gasteiger charge is 2.13. The second-order valence-corrected chi connectivity index (χ2v) is 5.49. The lowest BCUT2D eigenvalue weighted by Crippen LogP contribution is -1.97. The van der Waals surface area contributed by atoms with Crippen molar-refractivity contribution in [3.05, 3.63) is 59.2 Å². The molecule has 0 radical (unpaired) electrons. The molecule has 0 spiro atoms. The van der Waals surface area contributed by atoms with E-state index in [4.69, 9.17) is 0 Å². The van der Waals surface area contributed by atoms with Crippen molar-refractivity contribution in [3.63, 3.8) is 0 Å². The fraction of sp³-hybridized carbons (Fsp3) is 0.200. The molecule has 1 nitrogen and oxygen atoms in total. The molecule has 1 atom stereocenters. The van der Waals surface area contributed by atoms with Gasteiger partial charge in [0.1, 0.15) is 11.6 Å². The maximum atomic E-state index is 13.5. The van der Waals surface area contributed by atoms with Crippen LogP contribution in [0.1, 0.15) is 24.2 Å². The van der Waals surface area contributed by atoms with Crippen LogP contribution in [0.15, 0.2) is 46.2 Å². The fourth-order valence-electron chi connectivity index (χ4n) is 1.71. The number of hydrogen-bond acceptors (Lipinski definition) is 2. The van der Waals surface area contributed by atoms with Gasteiger partial charge in [0.2, 0.25) is 0 Å². The van der Waals surface area contributed by atoms with E-state index in [1.165, 1.54) is 30.0 Å². The third-order valence-corrected chi connectivity index (χ3v) is 3.86. The SMILES string of the molecule is Cc1cc(Sc2ccc(F)cc2)c(C(C)O)cc1F. The van der Waals surface area contributed by atoms with E-state index >= 15 is 0 Å². The first-order chi connectivity index (χ1) is 8.97. The molecule has 0 aliphatic rings. The Morgan fingerprint density at radius 1 is 1.11 bits per heavy atom. The molecule has 4 heteroatoms. The first-order valence-corrected chi connectivity index (χ1v) is 6.70. The molecular weight excluding hydrogens is 266 g/mol. The summed E-state index contributed by atoms with van der Waals surface area (Å²) in [6.07, 6.45) is -0.752. The predicted molar refractivity (Wildman–Crippen MR) is 72.3 cm³/mol. The fourth-order valence-corrected chi connectivity index (χ4v) is 2.82. The van der Waals surface area contributed by atoms with Crippen LogP contribution in [-0.4, -0.2) is 5.11 Å². The molecule has 1 unspecified atom stereocenters. The Labute approximate surface area is 115 Å². The van der Waals surface area contributed by atoms with E-state index in [2.05, 4.69) is 0 Å². The number of hydrogen-bond donors (Lipinski definition) is 1. The van der Waals surface area contributed by atoms with Crippen LogP contribution in [0.25, 0.3) is 0 Å². The largest absolute Gasteiger partial charge is 0.389 e. The first kappa shape index (κ1) is 14.0. The van der Waals surface area contributed by atoms with Crippen LogP contribution < -0.4 is 0 Å². The van der Waals surface area contributed by atoms with Gasteiger partial charge >= 0.3 is 0 Å². The minimum Gasteiger partial charge on any atom is -0.389 e. The van der Waals surface area contributed by atoms with Gasteiger partial charge < -0.3 is 5.11 Å². The number of halogens is 2. The van der Waals surface area contributed by atoms with Crippen molar-refractivity contribution >= 4 is 11.8 Å². The van der Waals surface area contributed by atoms with Crippen molar-refractivity contribution in [1.29, 1.82) is 0 Å². The molecule has 0 saturated heterocycles. The molecule has 0 aliphatic heterocycles. The molecule has 2 rings (SSSR count). The maximum Gasteiger partial charge on any atom is 0.126 e. The molecule has 0 saturated carbocycles. The Bertz CT molecular complexity index is 579. The van der Waals surface area contributed by atoms with Gasteiger partial charge in [0, 0.05) is 9.79 Å². The van der Waals surface area contributed by atoms with Crippen LogP contribution in [0.5, 0.6) is 0 Å². The summed E-state index contributed by atoms with van der Waals surface area (Å²) in [4.78, 5) is 1.62. The smallest absolute Gasteiger partial charge is 0.126 e. The highest BCUT2D eigenvalue weighted by atomic mass is 32.2. The summed E-state index contributed by atoms with van der Waals surface area (Å²) >= 11 is 1.38. The number of rotatable bonds is 3. The summed E-state index contributed by atoms with van der Waals surface area (Å²) < 4.78 is 26.4. The van der Waals surface area contributed by atoms with Crippen molar-refractivity contribution in [3.8, 4) is 0 Å². The van der Waals surface area contributed by atoms with Gasteiger partial charge in [-0.3, -0.25) is 0 Å². The molecule has 0 amide bonds. The highest BCUT2D eigenvalue weighted by Crippen LogP contribution is 2.34. The van der Waals surface area contributed by atoms with E-state index in [0.717, 1.165) is 9.79 Å². The molecule has 0 aromatic heterocycles. The lowest BCUT2D eigenvalue weighted by molar-refractivity contribution is 0.196. The monoisotopic (exact) mass is 280 g/mol. The van der Waals surface area contributed by atoms with Crippen molar-refractivity contribution in [2.75, 3.05) is 0 Å². The van der Waals surface area contributed by atoms with Gasteiger partial charge in [-0.2, -0.15) is 0 Å². The van der Waals surface area contributed by atoms with Gasteiger partial charge in [-0.1, -0.05) is 11.8 Å². The minimum atomic E-state index is -0.752. The van der Waals surface area contributed by atoms with E-state index in [1.807, 2.05) is 0 Å². The van der Waals surface area contributed by atoms with E-state index in [1.54, 1.807) is 32.0 Å². The van der Waals surface area contributed by atoms with Crippen molar-refractivity contribution in [1.82, 2.24) is 0 Å². The molecule has 0 bridgehead atoms. The topological polar surface area (TPSA) is 20.2 Å². The first-order valence-electron chi connectivity index (χ1n) is 5.89. The van der Waals surface area contributed by atoms with Crippen molar-refractivity contribution < 1.29 is 13.9 Å². The van der Waals surface area contributed by atoms with E-state index < -0.39 is 6.10 Å². The summed E-state index contributed by atoms with van der Waals surface area (Å²) in [5, 5.41) is 9.70. The van der Waals surface area contributed by atoms with Gasteiger partial charge in [0.15, 0.2) is 0 Å². The molecule has 2 aromatic rings. The lowest BCUT2D eigenvalue weighted by Gasteiger charge is -2.13. The van der Waals surface area contributed by atoms with Crippen LogP contribution in [-0.2, 0) is 0 Å². The van der Waals surface area contributed by atoms with Gasteiger partial charge in [-0.15, -0.1) is 0 Å². The molecule has 1 N–H and O–H groups in total. The molecule has 0 aliphatic carbocycles. The Balaban J connectivity index is 2.38. The third-order valence-electron chi connectivity index (χ3n) is 2.78. The molecular formula is C15H14F2OS. The summed E-state index contributed by atoms with van der Waals surface area (Å²) in [7, 11) is 0. The predicted octanol–water partition coefficient (Wildman–Crippen LogP) is 4.48. The van der Waals surface area contributed by atoms with Crippen molar-refractivity contribution in [2.45, 2.75) is 29.7 Å². The van der Waals surface area contributed by atoms with Crippen LogP contribution in [0, 0.1) is 18.6 Å². The van der Waals surface area contributed by atoms with Crippen LogP contribution >= 0.6 is 11.8 Å². The highest BCUT2D eigenvalue weighted by molar-refractivity contribution is 7.99. The average Bonchev–Trinajstić information content (AvgIpc) is 2.36. The quantitative estimate of drug-likeness (QED) is 0.894. The second-order valence-electron chi connectivity index (χ2n) is 4.37. The Hall–Kier alpha value is -1.39. The van der Waals surface area contributed by atoms with Gasteiger partial charge in [-0.05, 0) is 61.4 Å². The average molecular weight is 280 g/mol. The Morgan fingerprint density at radius 2 is 1.74 bits per heavy atom. The van der Waals surface area contributed by atoms with Crippen LogP contribution in [0.2, 0.25) is 0 Å². The lowest BCUT2D eigenvalue weighted by atomic mass is 10.1. The van der Waals surface area contributed by atoms with Crippen molar-refractivity contribution in [2.24, 2.45) is 0 Å². The molecule has 2 aromatic carbocycles. The summed E-state index contributed by atoms with van der Waals surface area (Å²) in [5.41, 5.74) is 1.06. The zero-order chi connectivity index (χ0) is 14.0. The standard InChI is InChI=1S/C15H14F2OS/c1-9-7-15(13(10(2)18)8-14(9)17)19-12-5-3-11(16)4-6-12/h3-8,10,18H,1-2H3. The zero-order valence-electron chi connectivity index (χ0n) is 10.7. The Kier molecular flexibility index (Phi) is 4.22. The van der Waals surface area contributed by atoms with Crippen LogP contribution in [0.4, 0.5) is 8.78 Å². The maximum absolute atomic E-state index is 13.5. The summed E-state index contributed by atoms with van der Waals surface area (Å²) in [6.45, 7) is 3.27. The normalized spacial score (nSPS) is 12.5. The molecule has 19 heavy (non-hydrogen) atoms. The number of benzene rings is 2. The number of aliphatic hydroxyl groups excluding tert-OH is 1. The molecule has 100 valence electrons. The van der Waals surface area contributed by atoms with E-state index in [-0.39, 0.29) is 11.6 Å². The van der Waals surface area contributed by atoms with Gasteiger partial charge in [0.05, 0.1) is 6.10 Å². The summed E-state index contributed by atoms with van der Waals surface area (Å²) in [6, 6.07) is 9.12. The second kappa shape index (κ2) is 5.72. The molecule has 0 fully saturated rings. The van der Waals surface area contributed by atoms with E-state index in [0.29, 0.717) is 11.1 Å². The van der Waals surface area contributed by atoms with Crippen LogP contribution in [0.3, 0.4) is 0 Å². The zero-order valence-corrected chi connectivity index (χ0v) is 11.5. The third kappa shape index (κ3) is 3.33. The summed E-state index contributed by atoms with van der Waals surface area (Å²) in [5.74, 6) is -0.630. The number of aliphatic hydroxyl groups is 1. The van der Waals surface area contributed by atoms with Gasteiger partial charge in [0.25, 0.3) is 0 Å². The molecule has 0 heterocycles. The number of aryl methyl sites for hydroxylation is 1. The van der Waals surface area contributed by atoms with Gasteiger partial charge in [-0.25, -0.2) is 8.78 Å². The minimum absolute atomic E-state index is 0.296.